The summed E-state index contributed by atoms with van der Waals surface area (Å²) in [4.78, 5) is 27.4. The first-order chi connectivity index (χ1) is 16.1. The average Bonchev–Trinajstić information content (AvgIpc) is 2.84. The number of ether oxygens (including phenoxy) is 1. The molecule has 0 aliphatic carbocycles. The van der Waals surface area contributed by atoms with Crippen LogP contribution in [0.5, 0.6) is 5.75 Å². The predicted molar refractivity (Wildman–Crippen MR) is 128 cm³/mol. The number of hydrogen-bond donors (Lipinski definition) is 2. The van der Waals surface area contributed by atoms with E-state index in [1.54, 1.807) is 24.3 Å². The van der Waals surface area contributed by atoms with E-state index in [4.69, 9.17) is 9.84 Å². The molecular weight excluding hydrogens is 416 g/mol. The standard InChI is InChI=1S/C27H30N2O4/c1-2-3-5-10-25(22-13-16-24(29-19-22)20-8-6-4-7-9-20)33-23-14-11-21(12-15-23)27(32)28-18-17-26(30)31/h4,6-9,11-16,19,25H,2-3,5,10,17-18H2,1H3,(H,28,32)(H,30,31)/t25-/m1/s1. The van der Waals surface area contributed by atoms with Crippen molar-refractivity contribution in [1.29, 1.82) is 0 Å². The van der Waals surface area contributed by atoms with Crippen LogP contribution in [0, 0.1) is 0 Å². The molecule has 0 fully saturated rings. The van der Waals surface area contributed by atoms with E-state index in [-0.39, 0.29) is 25.0 Å². The number of nitrogens with one attached hydrogen (secondary N) is 1. The average molecular weight is 447 g/mol. The Hall–Kier alpha value is -3.67. The second kappa shape index (κ2) is 12.4. The van der Waals surface area contributed by atoms with E-state index in [2.05, 4.69) is 23.3 Å². The Labute approximate surface area is 194 Å². The van der Waals surface area contributed by atoms with Crippen LogP contribution in [0.15, 0.2) is 72.9 Å². The van der Waals surface area contributed by atoms with E-state index in [1.165, 1.54) is 0 Å². The summed E-state index contributed by atoms with van der Waals surface area (Å²) in [6.07, 6.45) is 5.81. The number of carboxylic acid groups (broad SMARTS) is 1. The highest BCUT2D eigenvalue weighted by Crippen LogP contribution is 2.28. The smallest absolute Gasteiger partial charge is 0.305 e. The number of benzene rings is 2. The topological polar surface area (TPSA) is 88.5 Å². The van der Waals surface area contributed by atoms with Crippen LogP contribution >= 0.6 is 0 Å². The summed E-state index contributed by atoms with van der Waals surface area (Å²) in [5, 5.41) is 11.3. The van der Waals surface area contributed by atoms with E-state index in [0.717, 1.165) is 42.5 Å². The van der Waals surface area contributed by atoms with Crippen molar-refractivity contribution < 1.29 is 19.4 Å². The summed E-state index contributed by atoms with van der Waals surface area (Å²) in [7, 11) is 0. The minimum absolute atomic E-state index is 0.0951. The maximum Gasteiger partial charge on any atom is 0.305 e. The fourth-order valence-corrected chi connectivity index (χ4v) is 3.48. The normalized spacial score (nSPS) is 11.5. The van der Waals surface area contributed by atoms with Gasteiger partial charge in [0.15, 0.2) is 0 Å². The molecule has 0 spiro atoms. The van der Waals surface area contributed by atoms with Crippen LogP contribution in [-0.4, -0.2) is 28.5 Å². The van der Waals surface area contributed by atoms with Crippen LogP contribution in [0.2, 0.25) is 0 Å². The van der Waals surface area contributed by atoms with Gasteiger partial charge >= 0.3 is 5.97 Å². The molecular formula is C27H30N2O4. The summed E-state index contributed by atoms with van der Waals surface area (Å²) in [5.74, 6) is -0.576. The van der Waals surface area contributed by atoms with Crippen LogP contribution in [0.25, 0.3) is 11.3 Å². The fraction of sp³-hybridized carbons (Fsp3) is 0.296. The van der Waals surface area contributed by atoms with E-state index >= 15 is 0 Å². The first-order valence-corrected chi connectivity index (χ1v) is 11.3. The van der Waals surface area contributed by atoms with Crippen molar-refractivity contribution in [2.45, 2.75) is 45.1 Å². The van der Waals surface area contributed by atoms with Crippen molar-refractivity contribution in [3.05, 3.63) is 84.1 Å². The van der Waals surface area contributed by atoms with Crippen molar-refractivity contribution in [3.8, 4) is 17.0 Å². The fourth-order valence-electron chi connectivity index (χ4n) is 3.48. The molecule has 0 saturated heterocycles. The van der Waals surface area contributed by atoms with Crippen LogP contribution in [0.3, 0.4) is 0 Å². The maximum absolute atomic E-state index is 12.2. The first kappa shape index (κ1) is 24.0. The largest absolute Gasteiger partial charge is 0.486 e. The summed E-state index contributed by atoms with van der Waals surface area (Å²) < 4.78 is 6.29. The predicted octanol–water partition coefficient (Wildman–Crippen LogP) is 5.65. The second-order valence-electron chi connectivity index (χ2n) is 7.87. The first-order valence-electron chi connectivity index (χ1n) is 11.3. The third kappa shape index (κ3) is 7.45. The van der Waals surface area contributed by atoms with Gasteiger partial charge in [-0.2, -0.15) is 0 Å². The molecule has 2 N–H and O–H groups in total. The maximum atomic E-state index is 12.2. The number of carboxylic acids is 1. The highest BCUT2D eigenvalue weighted by molar-refractivity contribution is 5.94. The lowest BCUT2D eigenvalue weighted by molar-refractivity contribution is -0.136. The molecule has 2 aromatic carbocycles. The van der Waals surface area contributed by atoms with Crippen LogP contribution in [0.4, 0.5) is 0 Å². The Morgan fingerprint density at radius 2 is 1.76 bits per heavy atom. The number of unbranched alkanes of at least 4 members (excludes halogenated alkanes) is 2. The lowest BCUT2D eigenvalue weighted by atomic mass is 10.0. The quantitative estimate of drug-likeness (QED) is 0.351. The summed E-state index contributed by atoms with van der Waals surface area (Å²) >= 11 is 0. The van der Waals surface area contributed by atoms with Crippen LogP contribution in [0.1, 0.15) is 61.1 Å². The monoisotopic (exact) mass is 446 g/mol. The Morgan fingerprint density at radius 3 is 2.39 bits per heavy atom. The third-order valence-corrected chi connectivity index (χ3v) is 5.32. The SMILES string of the molecule is CCCCC[C@@H](Oc1ccc(C(=O)NCCC(=O)O)cc1)c1ccc(-c2ccccc2)nc1. The number of pyridine rings is 1. The molecule has 33 heavy (non-hydrogen) atoms. The van der Waals surface area contributed by atoms with Gasteiger partial charge in [0.25, 0.3) is 5.91 Å². The Bertz CT molecular complexity index is 1020. The molecule has 1 aromatic heterocycles. The molecule has 0 saturated carbocycles. The van der Waals surface area contributed by atoms with Gasteiger partial charge in [-0.15, -0.1) is 0 Å². The van der Waals surface area contributed by atoms with Gasteiger partial charge in [-0.25, -0.2) is 0 Å². The van der Waals surface area contributed by atoms with Gasteiger partial charge in [0.2, 0.25) is 0 Å². The molecule has 1 atom stereocenters. The Balaban J connectivity index is 1.68. The Kier molecular flexibility index (Phi) is 9.00. The number of carbonyl (C=O) groups is 2. The third-order valence-electron chi connectivity index (χ3n) is 5.32. The molecule has 3 rings (SSSR count). The molecule has 0 unspecified atom stereocenters. The van der Waals surface area contributed by atoms with Crippen molar-refractivity contribution in [2.24, 2.45) is 0 Å². The molecule has 0 aliphatic rings. The van der Waals surface area contributed by atoms with Crippen molar-refractivity contribution in [3.63, 3.8) is 0 Å². The number of aromatic nitrogens is 1. The number of carbonyl (C=O) groups excluding carboxylic acids is 1. The number of hydrogen-bond acceptors (Lipinski definition) is 4. The lowest BCUT2D eigenvalue weighted by Gasteiger charge is -2.20. The molecule has 0 radical (unpaired) electrons. The molecule has 3 aromatic rings. The molecule has 1 heterocycles. The molecule has 6 nitrogen and oxygen atoms in total. The van der Waals surface area contributed by atoms with Gasteiger partial charge in [0.05, 0.1) is 12.1 Å². The van der Waals surface area contributed by atoms with Gasteiger partial charge in [0, 0.05) is 29.4 Å². The zero-order valence-corrected chi connectivity index (χ0v) is 18.9. The van der Waals surface area contributed by atoms with Gasteiger partial charge in [-0.05, 0) is 43.2 Å². The van der Waals surface area contributed by atoms with Gasteiger partial charge in [-0.3, -0.25) is 14.6 Å². The van der Waals surface area contributed by atoms with Crippen LogP contribution < -0.4 is 10.1 Å². The molecule has 0 aliphatic heterocycles. The van der Waals surface area contributed by atoms with E-state index in [1.807, 2.05) is 42.6 Å². The number of nitrogens with zero attached hydrogens (tertiary/aromatic N) is 1. The van der Waals surface area contributed by atoms with E-state index < -0.39 is 5.97 Å². The van der Waals surface area contributed by atoms with Gasteiger partial charge < -0.3 is 15.2 Å². The zero-order chi connectivity index (χ0) is 23.5. The minimum Gasteiger partial charge on any atom is -0.486 e. The molecule has 1 amide bonds. The number of aliphatic carboxylic acids is 1. The minimum atomic E-state index is -0.945. The molecule has 6 heteroatoms. The molecule has 0 bridgehead atoms. The highest BCUT2D eigenvalue weighted by atomic mass is 16.5. The summed E-state index contributed by atoms with van der Waals surface area (Å²) in [5.41, 5.74) is 3.47. The number of amides is 1. The van der Waals surface area contributed by atoms with Crippen molar-refractivity contribution in [1.82, 2.24) is 10.3 Å². The van der Waals surface area contributed by atoms with E-state index in [9.17, 15) is 9.59 Å². The second-order valence-corrected chi connectivity index (χ2v) is 7.87. The molecule has 172 valence electrons. The summed E-state index contributed by atoms with van der Waals surface area (Å²) in [6, 6.07) is 21.1. The van der Waals surface area contributed by atoms with Gasteiger partial charge in [0.1, 0.15) is 11.9 Å². The number of rotatable bonds is 12. The lowest BCUT2D eigenvalue weighted by Crippen LogP contribution is -2.25. The zero-order valence-electron chi connectivity index (χ0n) is 18.9. The Morgan fingerprint density at radius 1 is 1.00 bits per heavy atom. The van der Waals surface area contributed by atoms with Crippen LogP contribution in [-0.2, 0) is 4.79 Å². The highest BCUT2D eigenvalue weighted by Gasteiger charge is 2.15. The van der Waals surface area contributed by atoms with E-state index in [0.29, 0.717) is 11.3 Å². The summed E-state index contributed by atoms with van der Waals surface area (Å²) in [6.45, 7) is 2.27. The van der Waals surface area contributed by atoms with Gasteiger partial charge in [-0.1, -0.05) is 56.2 Å². The van der Waals surface area contributed by atoms with Crippen molar-refractivity contribution in [2.75, 3.05) is 6.54 Å². The van der Waals surface area contributed by atoms with Crippen molar-refractivity contribution >= 4 is 11.9 Å².